The molecule has 0 radical (unpaired) electrons. The summed E-state index contributed by atoms with van der Waals surface area (Å²) in [5, 5.41) is 6.38. The number of alkyl halides is 3. The van der Waals surface area contributed by atoms with Gasteiger partial charge in [0.2, 0.25) is 11.8 Å². The monoisotopic (exact) mass is 307 g/mol. The Bertz CT molecular complexity index is 532. The van der Waals surface area contributed by atoms with Crippen LogP contribution >= 0.6 is 0 Å². The number of hydrogen-bond donors (Lipinski definition) is 3. The maximum absolute atomic E-state index is 13.5. The van der Waals surface area contributed by atoms with Gasteiger partial charge in [0.05, 0.1) is 18.8 Å². The third-order valence-corrected chi connectivity index (χ3v) is 2.17. The Morgan fingerprint density at radius 2 is 1.86 bits per heavy atom. The van der Waals surface area contributed by atoms with Gasteiger partial charge in [-0.15, -0.1) is 0 Å². The van der Waals surface area contributed by atoms with Crippen LogP contribution in [0.15, 0.2) is 18.2 Å². The highest BCUT2D eigenvalue weighted by atomic mass is 19.4. The van der Waals surface area contributed by atoms with Crippen LogP contribution in [-0.2, 0) is 9.59 Å². The van der Waals surface area contributed by atoms with Gasteiger partial charge in [-0.3, -0.25) is 9.59 Å². The molecule has 0 saturated heterocycles. The molecule has 0 unspecified atom stereocenters. The molecule has 0 spiro atoms. The molecule has 9 heteroatoms. The van der Waals surface area contributed by atoms with Crippen LogP contribution in [0.2, 0.25) is 0 Å². The molecule has 0 aromatic heterocycles. The fraction of sp³-hybridized carbons (Fsp3) is 0.333. The molecule has 1 rings (SSSR count). The van der Waals surface area contributed by atoms with Crippen molar-refractivity contribution in [3.05, 3.63) is 24.0 Å². The van der Waals surface area contributed by atoms with Crippen LogP contribution in [-0.4, -0.2) is 31.1 Å². The molecule has 21 heavy (non-hydrogen) atoms. The molecule has 1 aromatic rings. The van der Waals surface area contributed by atoms with Gasteiger partial charge in [0, 0.05) is 12.6 Å². The van der Waals surface area contributed by atoms with Crippen molar-refractivity contribution >= 4 is 23.2 Å². The molecule has 0 saturated carbocycles. The number of nitrogens with one attached hydrogen (secondary N) is 3. The highest BCUT2D eigenvalue weighted by molar-refractivity contribution is 5.94. The lowest BCUT2D eigenvalue weighted by Crippen LogP contribution is -2.35. The minimum atomic E-state index is -4.43. The van der Waals surface area contributed by atoms with E-state index in [1.165, 1.54) is 19.1 Å². The molecule has 0 heterocycles. The van der Waals surface area contributed by atoms with E-state index < -0.39 is 31.0 Å². The largest absolute Gasteiger partial charge is 0.401 e. The van der Waals surface area contributed by atoms with Gasteiger partial charge in [-0.1, -0.05) is 0 Å². The van der Waals surface area contributed by atoms with Gasteiger partial charge in [-0.05, 0) is 18.2 Å². The zero-order valence-corrected chi connectivity index (χ0v) is 11.0. The van der Waals surface area contributed by atoms with Crippen molar-refractivity contribution in [3.63, 3.8) is 0 Å². The quantitative estimate of drug-likeness (QED) is 0.727. The van der Waals surface area contributed by atoms with E-state index in [0.29, 0.717) is 0 Å². The molecule has 3 N–H and O–H groups in total. The second kappa shape index (κ2) is 7.02. The molecule has 0 atom stereocenters. The third-order valence-electron chi connectivity index (χ3n) is 2.17. The van der Waals surface area contributed by atoms with Crippen molar-refractivity contribution < 1.29 is 27.2 Å². The molecular formula is C12H13F4N3O2. The predicted molar refractivity (Wildman–Crippen MR) is 68.3 cm³/mol. The van der Waals surface area contributed by atoms with E-state index in [9.17, 15) is 27.2 Å². The summed E-state index contributed by atoms with van der Waals surface area (Å²) in [4.78, 5) is 22.2. The van der Waals surface area contributed by atoms with Crippen LogP contribution in [0.5, 0.6) is 0 Å². The lowest BCUT2D eigenvalue weighted by Gasteiger charge is -2.10. The van der Waals surface area contributed by atoms with Crippen molar-refractivity contribution in [1.29, 1.82) is 0 Å². The smallest absolute Gasteiger partial charge is 0.326 e. The number of anilines is 2. The predicted octanol–water partition coefficient (Wildman–Crippen LogP) is 1.87. The van der Waals surface area contributed by atoms with Crippen LogP contribution in [0.1, 0.15) is 6.92 Å². The van der Waals surface area contributed by atoms with E-state index in [2.05, 4.69) is 10.6 Å². The highest BCUT2D eigenvalue weighted by Crippen LogP contribution is 2.19. The Kier molecular flexibility index (Phi) is 5.65. The van der Waals surface area contributed by atoms with Gasteiger partial charge in [-0.25, -0.2) is 4.39 Å². The Labute approximate surface area is 117 Å². The van der Waals surface area contributed by atoms with Crippen molar-refractivity contribution in [2.75, 3.05) is 23.7 Å². The molecule has 0 aliphatic rings. The van der Waals surface area contributed by atoms with Crippen molar-refractivity contribution in [1.82, 2.24) is 5.32 Å². The number of benzene rings is 1. The third kappa shape index (κ3) is 6.70. The molecule has 2 amide bonds. The minimum absolute atomic E-state index is 0.236. The van der Waals surface area contributed by atoms with Crippen LogP contribution in [0.4, 0.5) is 28.9 Å². The summed E-state index contributed by atoms with van der Waals surface area (Å²) in [6, 6.07) is 3.47. The lowest BCUT2D eigenvalue weighted by molar-refractivity contribution is -0.127. The molecular weight excluding hydrogens is 294 g/mol. The Balaban J connectivity index is 2.60. The number of hydrogen-bond acceptors (Lipinski definition) is 3. The van der Waals surface area contributed by atoms with E-state index in [-0.39, 0.29) is 17.3 Å². The minimum Gasteiger partial charge on any atom is -0.326 e. The average molecular weight is 307 g/mol. The molecule has 5 nitrogen and oxygen atoms in total. The van der Waals surface area contributed by atoms with Gasteiger partial charge in [0.25, 0.3) is 0 Å². The zero-order valence-electron chi connectivity index (χ0n) is 11.0. The average Bonchev–Trinajstić information content (AvgIpc) is 2.31. The van der Waals surface area contributed by atoms with Crippen LogP contribution < -0.4 is 16.0 Å². The fourth-order valence-electron chi connectivity index (χ4n) is 1.41. The van der Waals surface area contributed by atoms with Crippen LogP contribution in [0.3, 0.4) is 0 Å². The number of carbonyl (C=O) groups excluding carboxylic acids is 2. The van der Waals surface area contributed by atoms with Gasteiger partial charge in [0.15, 0.2) is 0 Å². The summed E-state index contributed by atoms with van der Waals surface area (Å²) in [6.07, 6.45) is -4.43. The normalized spacial score (nSPS) is 11.1. The number of carbonyl (C=O) groups is 2. The first-order valence-corrected chi connectivity index (χ1v) is 5.82. The van der Waals surface area contributed by atoms with Gasteiger partial charge < -0.3 is 16.0 Å². The maximum atomic E-state index is 13.5. The van der Waals surface area contributed by atoms with E-state index in [0.717, 1.165) is 6.07 Å². The molecule has 0 aliphatic carbocycles. The first kappa shape index (κ1) is 16.9. The van der Waals surface area contributed by atoms with E-state index >= 15 is 0 Å². The molecule has 0 aliphatic heterocycles. The van der Waals surface area contributed by atoms with Crippen molar-refractivity contribution in [3.8, 4) is 0 Å². The summed E-state index contributed by atoms with van der Waals surface area (Å²) in [5.74, 6) is -1.99. The van der Waals surface area contributed by atoms with E-state index in [4.69, 9.17) is 0 Å². The topological polar surface area (TPSA) is 70.2 Å². The summed E-state index contributed by atoms with van der Waals surface area (Å²) in [6.45, 7) is -0.694. The summed E-state index contributed by atoms with van der Waals surface area (Å²) in [7, 11) is 0. The standard InChI is InChI=1S/C12H13F4N3O2/c1-7(20)18-8-2-3-9(13)10(4-8)19-11(21)5-17-6-12(14,15)16/h2-4,17H,5-6H2,1H3,(H,18,20)(H,19,21). The number of rotatable bonds is 5. The lowest BCUT2D eigenvalue weighted by atomic mass is 10.2. The van der Waals surface area contributed by atoms with Crippen LogP contribution in [0.25, 0.3) is 0 Å². The Morgan fingerprint density at radius 1 is 1.19 bits per heavy atom. The Hall–Kier alpha value is -2.16. The number of amides is 2. The highest BCUT2D eigenvalue weighted by Gasteiger charge is 2.26. The fourth-order valence-corrected chi connectivity index (χ4v) is 1.41. The van der Waals surface area contributed by atoms with Gasteiger partial charge in [0.1, 0.15) is 5.82 Å². The zero-order chi connectivity index (χ0) is 16.0. The molecule has 0 fully saturated rings. The van der Waals surface area contributed by atoms with E-state index in [1.54, 1.807) is 0 Å². The maximum Gasteiger partial charge on any atom is 0.401 e. The SMILES string of the molecule is CC(=O)Nc1ccc(F)c(NC(=O)CNCC(F)(F)F)c1. The second-order valence-corrected chi connectivity index (χ2v) is 4.14. The first-order valence-electron chi connectivity index (χ1n) is 5.82. The van der Waals surface area contributed by atoms with E-state index in [1.807, 2.05) is 5.32 Å². The Morgan fingerprint density at radius 3 is 2.43 bits per heavy atom. The van der Waals surface area contributed by atoms with Crippen molar-refractivity contribution in [2.45, 2.75) is 13.1 Å². The summed E-state index contributed by atoms with van der Waals surface area (Å²) < 4.78 is 49.1. The first-order chi connectivity index (χ1) is 9.67. The molecule has 1 aromatic carbocycles. The van der Waals surface area contributed by atoms with Gasteiger partial charge >= 0.3 is 6.18 Å². The van der Waals surface area contributed by atoms with Gasteiger partial charge in [-0.2, -0.15) is 13.2 Å². The summed E-state index contributed by atoms with van der Waals surface area (Å²) >= 11 is 0. The molecule has 116 valence electrons. The van der Waals surface area contributed by atoms with Crippen molar-refractivity contribution in [2.24, 2.45) is 0 Å². The van der Waals surface area contributed by atoms with Crippen LogP contribution in [0, 0.1) is 5.82 Å². The summed E-state index contributed by atoms with van der Waals surface area (Å²) in [5.41, 5.74) is 0.0162. The molecule has 0 bridgehead atoms. The second-order valence-electron chi connectivity index (χ2n) is 4.14. The number of halogens is 4.